The fourth-order valence-electron chi connectivity index (χ4n) is 3.81. The number of alkyl halides is 2. The van der Waals surface area contributed by atoms with Gasteiger partial charge >= 0.3 is 12.1 Å². The summed E-state index contributed by atoms with van der Waals surface area (Å²) >= 11 is 0. The van der Waals surface area contributed by atoms with E-state index in [1.807, 2.05) is 48.5 Å². The van der Waals surface area contributed by atoms with Crippen LogP contribution in [0.5, 0.6) is 0 Å². The van der Waals surface area contributed by atoms with E-state index < -0.39 is 36.9 Å². The molecular weight excluding hydrogens is 380 g/mol. The molecule has 0 radical (unpaired) electrons. The van der Waals surface area contributed by atoms with E-state index in [4.69, 9.17) is 4.74 Å². The molecule has 0 saturated carbocycles. The highest BCUT2D eigenvalue weighted by molar-refractivity contribution is 5.81. The summed E-state index contributed by atoms with van der Waals surface area (Å²) in [6, 6.07) is 14.4. The molecule has 0 spiro atoms. The van der Waals surface area contributed by atoms with Crippen LogP contribution < -0.4 is 5.32 Å². The summed E-state index contributed by atoms with van der Waals surface area (Å²) < 4.78 is 30.3. The van der Waals surface area contributed by atoms with E-state index in [-0.39, 0.29) is 18.9 Å². The standard InChI is InChI=1S/C22H23F2NO4/c1-13(11-20(23)24)10-19(21(26)27)25-22(28)29-12-18-16-8-4-2-6-14(16)15-7-3-5-9-17(15)18/h2-9,13,18-20H,10-12H2,1H3,(H,25,28)(H,26,27). The van der Waals surface area contributed by atoms with Gasteiger partial charge < -0.3 is 15.2 Å². The van der Waals surface area contributed by atoms with Crippen molar-refractivity contribution in [2.75, 3.05) is 6.61 Å². The number of benzene rings is 2. The van der Waals surface area contributed by atoms with Gasteiger partial charge in [0.1, 0.15) is 12.6 Å². The number of fused-ring (bicyclic) bond motifs is 3. The minimum atomic E-state index is -2.52. The van der Waals surface area contributed by atoms with Crippen molar-refractivity contribution >= 4 is 12.1 Å². The maximum Gasteiger partial charge on any atom is 0.407 e. The number of nitrogens with one attached hydrogen (secondary N) is 1. The van der Waals surface area contributed by atoms with Gasteiger partial charge in [-0.25, -0.2) is 18.4 Å². The number of hydrogen-bond donors (Lipinski definition) is 2. The van der Waals surface area contributed by atoms with Crippen molar-refractivity contribution < 1.29 is 28.2 Å². The van der Waals surface area contributed by atoms with Crippen molar-refractivity contribution in [3.8, 4) is 11.1 Å². The number of halogens is 2. The summed E-state index contributed by atoms with van der Waals surface area (Å²) in [4.78, 5) is 23.6. The molecule has 5 nitrogen and oxygen atoms in total. The van der Waals surface area contributed by atoms with Gasteiger partial charge in [-0.3, -0.25) is 0 Å². The maximum atomic E-state index is 12.5. The lowest BCUT2D eigenvalue weighted by Crippen LogP contribution is -2.42. The average Bonchev–Trinajstić information content (AvgIpc) is 2.99. The van der Waals surface area contributed by atoms with Crippen molar-refractivity contribution in [1.29, 1.82) is 0 Å². The fraction of sp³-hybridized carbons (Fsp3) is 0.364. The lowest BCUT2D eigenvalue weighted by molar-refractivity contribution is -0.139. The third-order valence-electron chi connectivity index (χ3n) is 5.15. The number of carboxylic acid groups (broad SMARTS) is 1. The van der Waals surface area contributed by atoms with Crippen LogP contribution in [-0.4, -0.2) is 36.2 Å². The zero-order chi connectivity index (χ0) is 21.0. The van der Waals surface area contributed by atoms with Gasteiger partial charge in [-0.2, -0.15) is 0 Å². The molecule has 0 aromatic heterocycles. The second-order valence-corrected chi connectivity index (χ2v) is 7.33. The van der Waals surface area contributed by atoms with Crippen LogP contribution in [0.25, 0.3) is 11.1 Å². The SMILES string of the molecule is CC(CC(F)F)CC(NC(=O)OCC1c2ccccc2-c2ccccc21)C(=O)O. The average molecular weight is 403 g/mol. The van der Waals surface area contributed by atoms with Crippen molar-refractivity contribution in [2.45, 2.75) is 38.2 Å². The van der Waals surface area contributed by atoms with Crippen LogP contribution in [0, 0.1) is 5.92 Å². The number of rotatable bonds is 8. The summed E-state index contributed by atoms with van der Waals surface area (Å²) in [5.74, 6) is -1.97. The Morgan fingerprint density at radius 2 is 1.59 bits per heavy atom. The van der Waals surface area contributed by atoms with Crippen molar-refractivity contribution in [3.05, 3.63) is 59.7 Å². The zero-order valence-corrected chi connectivity index (χ0v) is 16.0. The van der Waals surface area contributed by atoms with Crippen molar-refractivity contribution in [1.82, 2.24) is 5.32 Å². The highest BCUT2D eigenvalue weighted by atomic mass is 19.3. The van der Waals surface area contributed by atoms with Gasteiger partial charge in [0, 0.05) is 12.3 Å². The van der Waals surface area contributed by atoms with Crippen LogP contribution >= 0.6 is 0 Å². The number of carbonyl (C=O) groups is 2. The Morgan fingerprint density at radius 3 is 2.10 bits per heavy atom. The fourth-order valence-corrected chi connectivity index (χ4v) is 3.81. The topological polar surface area (TPSA) is 75.6 Å². The Hall–Kier alpha value is -2.96. The van der Waals surface area contributed by atoms with E-state index >= 15 is 0 Å². The van der Waals surface area contributed by atoms with Gasteiger partial charge in [-0.05, 0) is 34.6 Å². The quantitative estimate of drug-likeness (QED) is 0.672. The van der Waals surface area contributed by atoms with Crippen LogP contribution in [0.4, 0.5) is 13.6 Å². The van der Waals surface area contributed by atoms with Crippen LogP contribution in [0.3, 0.4) is 0 Å². The monoisotopic (exact) mass is 403 g/mol. The molecule has 2 aromatic carbocycles. The molecule has 0 bridgehead atoms. The normalized spacial score (nSPS) is 14.8. The molecule has 1 aliphatic carbocycles. The number of aliphatic carboxylic acids is 1. The third kappa shape index (κ3) is 4.91. The first-order chi connectivity index (χ1) is 13.9. The Labute approximate surface area is 167 Å². The van der Waals surface area contributed by atoms with E-state index in [2.05, 4.69) is 5.32 Å². The predicted octanol–water partition coefficient (Wildman–Crippen LogP) is 4.66. The molecule has 7 heteroatoms. The van der Waals surface area contributed by atoms with Crippen LogP contribution in [0.1, 0.15) is 36.8 Å². The number of carboxylic acids is 1. The first-order valence-electron chi connectivity index (χ1n) is 9.49. The molecule has 0 saturated heterocycles. The molecule has 3 rings (SSSR count). The molecular formula is C22H23F2NO4. The molecule has 0 heterocycles. The van der Waals surface area contributed by atoms with Gasteiger partial charge in [-0.1, -0.05) is 55.5 Å². The molecule has 2 N–H and O–H groups in total. The number of amides is 1. The molecule has 2 aromatic rings. The largest absolute Gasteiger partial charge is 0.480 e. The summed E-state index contributed by atoms with van der Waals surface area (Å²) in [7, 11) is 0. The molecule has 154 valence electrons. The lowest BCUT2D eigenvalue weighted by Gasteiger charge is -2.20. The molecule has 29 heavy (non-hydrogen) atoms. The molecule has 2 atom stereocenters. The molecule has 0 aliphatic heterocycles. The molecule has 1 amide bonds. The third-order valence-corrected chi connectivity index (χ3v) is 5.15. The second-order valence-electron chi connectivity index (χ2n) is 7.33. The van der Waals surface area contributed by atoms with Gasteiger partial charge in [0.15, 0.2) is 0 Å². The van der Waals surface area contributed by atoms with Gasteiger partial charge in [0.05, 0.1) is 0 Å². The van der Waals surface area contributed by atoms with E-state index in [1.54, 1.807) is 0 Å². The minimum Gasteiger partial charge on any atom is -0.480 e. The Kier molecular flexibility index (Phi) is 6.46. The van der Waals surface area contributed by atoms with Crippen LogP contribution in [0.2, 0.25) is 0 Å². The summed E-state index contributed by atoms with van der Waals surface area (Å²) in [6.07, 6.45) is -3.91. The van der Waals surface area contributed by atoms with Crippen molar-refractivity contribution in [2.24, 2.45) is 5.92 Å². The number of carbonyl (C=O) groups excluding carboxylic acids is 1. The molecule has 0 fully saturated rings. The van der Waals surface area contributed by atoms with E-state index in [1.165, 1.54) is 6.92 Å². The zero-order valence-electron chi connectivity index (χ0n) is 16.0. The van der Waals surface area contributed by atoms with E-state index in [0.717, 1.165) is 22.3 Å². The maximum absolute atomic E-state index is 12.5. The second kappa shape index (κ2) is 9.03. The highest BCUT2D eigenvalue weighted by Crippen LogP contribution is 2.44. The van der Waals surface area contributed by atoms with Crippen LogP contribution in [-0.2, 0) is 9.53 Å². The summed E-state index contributed by atoms with van der Waals surface area (Å²) in [6.45, 7) is 1.58. The first kappa shape index (κ1) is 20.8. The number of alkyl carbamates (subject to hydrolysis) is 1. The van der Waals surface area contributed by atoms with Gasteiger partial charge in [0.2, 0.25) is 6.43 Å². The summed E-state index contributed by atoms with van der Waals surface area (Å²) in [5.41, 5.74) is 4.26. The molecule has 1 aliphatic rings. The number of hydrogen-bond acceptors (Lipinski definition) is 3. The van der Waals surface area contributed by atoms with E-state index in [9.17, 15) is 23.5 Å². The highest BCUT2D eigenvalue weighted by Gasteiger charge is 2.30. The Morgan fingerprint density at radius 1 is 1.03 bits per heavy atom. The van der Waals surface area contributed by atoms with Crippen LogP contribution in [0.15, 0.2) is 48.5 Å². The molecule has 2 unspecified atom stereocenters. The Bertz CT molecular complexity index is 841. The van der Waals surface area contributed by atoms with Crippen molar-refractivity contribution in [3.63, 3.8) is 0 Å². The van der Waals surface area contributed by atoms with Gasteiger partial charge in [-0.15, -0.1) is 0 Å². The number of ether oxygens (including phenoxy) is 1. The predicted molar refractivity (Wildman–Crippen MR) is 104 cm³/mol. The Balaban J connectivity index is 1.63. The minimum absolute atomic E-state index is 0.0544. The van der Waals surface area contributed by atoms with Gasteiger partial charge in [0.25, 0.3) is 0 Å². The lowest BCUT2D eigenvalue weighted by atomic mass is 9.98. The first-order valence-corrected chi connectivity index (χ1v) is 9.49. The van der Waals surface area contributed by atoms with E-state index in [0.29, 0.717) is 0 Å². The summed E-state index contributed by atoms with van der Waals surface area (Å²) in [5, 5.41) is 11.6. The smallest absolute Gasteiger partial charge is 0.407 e.